The monoisotopic (exact) mass is 347 g/mol. The van der Waals surface area contributed by atoms with Crippen LogP contribution >= 0.6 is 0 Å². The number of urea groups is 1. The van der Waals surface area contributed by atoms with Gasteiger partial charge in [0.25, 0.3) is 5.69 Å². The first-order chi connectivity index (χ1) is 11.8. The number of benzene rings is 1. The first-order valence-electron chi connectivity index (χ1n) is 7.51. The third kappa shape index (κ3) is 3.49. The number of ether oxygens (including phenoxy) is 1. The first kappa shape index (κ1) is 18.1. The Morgan fingerprint density at radius 2 is 2.08 bits per heavy atom. The molecule has 1 aliphatic rings. The lowest BCUT2D eigenvalue weighted by Gasteiger charge is -2.35. The number of esters is 1. The molecule has 0 spiro atoms. The molecular weight excluding hydrogens is 330 g/mol. The SMILES string of the molecule is CCOC(=O)C1=C(C)NC(=O)N(C(C)=O)[C@H]1c1cccc([N+](=O)[O-])c1. The van der Waals surface area contributed by atoms with Crippen molar-refractivity contribution in [3.8, 4) is 0 Å². The molecule has 0 saturated heterocycles. The van der Waals surface area contributed by atoms with Gasteiger partial charge in [-0.2, -0.15) is 0 Å². The summed E-state index contributed by atoms with van der Waals surface area (Å²) in [5, 5.41) is 13.5. The molecule has 3 amide bonds. The number of allylic oxidation sites excluding steroid dienone is 1. The third-order valence-corrected chi connectivity index (χ3v) is 3.68. The van der Waals surface area contributed by atoms with Gasteiger partial charge in [-0.1, -0.05) is 12.1 Å². The van der Waals surface area contributed by atoms with Crippen molar-refractivity contribution in [1.82, 2.24) is 10.2 Å². The number of non-ortho nitro benzene ring substituents is 1. The standard InChI is InChI=1S/C16H17N3O6/c1-4-25-15(21)13-9(2)17-16(22)18(10(3)20)14(13)11-6-5-7-12(8-11)19(23)24/h5-8,14H,4H2,1-3H3,(H,17,22)/t14-/m0/s1. The Kier molecular flexibility index (Phi) is 5.16. The van der Waals surface area contributed by atoms with E-state index in [2.05, 4.69) is 5.32 Å². The van der Waals surface area contributed by atoms with Crippen LogP contribution in [0.25, 0.3) is 0 Å². The average Bonchev–Trinajstić information content (AvgIpc) is 2.53. The summed E-state index contributed by atoms with van der Waals surface area (Å²) in [5.74, 6) is -1.31. The summed E-state index contributed by atoms with van der Waals surface area (Å²) < 4.78 is 5.02. The lowest BCUT2D eigenvalue weighted by molar-refractivity contribution is -0.384. The van der Waals surface area contributed by atoms with Crippen molar-refractivity contribution < 1.29 is 24.0 Å². The Bertz CT molecular complexity index is 786. The number of hydrogen-bond acceptors (Lipinski definition) is 6. The van der Waals surface area contributed by atoms with E-state index in [9.17, 15) is 24.5 Å². The van der Waals surface area contributed by atoms with E-state index in [0.717, 1.165) is 4.90 Å². The van der Waals surface area contributed by atoms with Crippen LogP contribution in [0.1, 0.15) is 32.4 Å². The predicted octanol–water partition coefficient (Wildman–Crippen LogP) is 2.04. The van der Waals surface area contributed by atoms with Crippen LogP contribution in [0.5, 0.6) is 0 Å². The fourth-order valence-corrected chi connectivity index (χ4v) is 2.66. The zero-order chi connectivity index (χ0) is 18.7. The van der Waals surface area contributed by atoms with Crippen LogP contribution < -0.4 is 5.32 Å². The number of hydrogen-bond donors (Lipinski definition) is 1. The van der Waals surface area contributed by atoms with E-state index in [1.165, 1.54) is 38.1 Å². The summed E-state index contributed by atoms with van der Waals surface area (Å²) in [6.07, 6.45) is 0. The number of nitrogens with one attached hydrogen (secondary N) is 1. The van der Waals surface area contributed by atoms with E-state index < -0.39 is 28.9 Å². The maximum Gasteiger partial charge on any atom is 0.338 e. The maximum atomic E-state index is 12.4. The molecule has 0 unspecified atom stereocenters. The summed E-state index contributed by atoms with van der Waals surface area (Å²) >= 11 is 0. The second-order valence-electron chi connectivity index (χ2n) is 5.33. The summed E-state index contributed by atoms with van der Waals surface area (Å²) in [5.41, 5.74) is 0.337. The van der Waals surface area contributed by atoms with Gasteiger partial charge < -0.3 is 10.1 Å². The van der Waals surface area contributed by atoms with Gasteiger partial charge in [-0.05, 0) is 19.4 Å². The molecule has 0 fully saturated rings. The number of nitro benzene ring substituents is 1. The average molecular weight is 347 g/mol. The highest BCUT2D eigenvalue weighted by Gasteiger charge is 2.41. The van der Waals surface area contributed by atoms with E-state index in [4.69, 9.17) is 4.74 Å². The number of nitro groups is 1. The second-order valence-corrected chi connectivity index (χ2v) is 5.33. The topological polar surface area (TPSA) is 119 Å². The van der Waals surface area contributed by atoms with Gasteiger partial charge in [0, 0.05) is 24.8 Å². The number of carbonyl (C=O) groups is 3. The van der Waals surface area contributed by atoms with E-state index in [1.807, 2.05) is 0 Å². The quantitative estimate of drug-likeness (QED) is 0.506. The highest BCUT2D eigenvalue weighted by molar-refractivity contribution is 6.01. The Balaban J connectivity index is 2.67. The van der Waals surface area contributed by atoms with Gasteiger partial charge in [0.1, 0.15) is 6.04 Å². The fraction of sp³-hybridized carbons (Fsp3) is 0.312. The van der Waals surface area contributed by atoms with Crippen molar-refractivity contribution in [1.29, 1.82) is 0 Å². The van der Waals surface area contributed by atoms with Crippen LogP contribution in [0, 0.1) is 10.1 Å². The third-order valence-electron chi connectivity index (χ3n) is 3.68. The van der Waals surface area contributed by atoms with Gasteiger partial charge in [-0.25, -0.2) is 9.59 Å². The molecular formula is C16H17N3O6. The molecule has 1 aromatic rings. The maximum absolute atomic E-state index is 12.4. The Morgan fingerprint density at radius 1 is 1.40 bits per heavy atom. The molecule has 1 heterocycles. The summed E-state index contributed by atoms with van der Waals surface area (Å²) in [7, 11) is 0. The smallest absolute Gasteiger partial charge is 0.338 e. The number of nitrogens with zero attached hydrogens (tertiary/aromatic N) is 2. The van der Waals surface area contributed by atoms with E-state index >= 15 is 0 Å². The molecule has 0 aromatic heterocycles. The van der Waals surface area contributed by atoms with Crippen LogP contribution in [-0.2, 0) is 14.3 Å². The van der Waals surface area contributed by atoms with Crippen LogP contribution in [0.15, 0.2) is 35.5 Å². The summed E-state index contributed by atoms with van der Waals surface area (Å²) in [4.78, 5) is 47.9. The number of imide groups is 1. The van der Waals surface area contributed by atoms with Gasteiger partial charge in [-0.15, -0.1) is 0 Å². The van der Waals surface area contributed by atoms with Gasteiger partial charge >= 0.3 is 12.0 Å². The normalized spacial score (nSPS) is 17.2. The fourth-order valence-electron chi connectivity index (χ4n) is 2.66. The molecule has 25 heavy (non-hydrogen) atoms. The van der Waals surface area contributed by atoms with Crippen LogP contribution in [0.4, 0.5) is 10.5 Å². The molecule has 0 radical (unpaired) electrons. The summed E-state index contributed by atoms with van der Waals surface area (Å²) in [6, 6.07) is 3.63. The number of rotatable bonds is 4. The zero-order valence-electron chi connectivity index (χ0n) is 13.9. The van der Waals surface area contributed by atoms with Crippen LogP contribution in [0.3, 0.4) is 0 Å². The molecule has 0 saturated carbocycles. The lowest BCUT2D eigenvalue weighted by atomic mass is 9.93. The van der Waals surface area contributed by atoms with E-state index in [-0.39, 0.29) is 29.1 Å². The van der Waals surface area contributed by atoms with E-state index in [1.54, 1.807) is 6.92 Å². The zero-order valence-corrected chi connectivity index (χ0v) is 13.9. The highest BCUT2D eigenvalue weighted by Crippen LogP contribution is 2.35. The Morgan fingerprint density at radius 3 is 2.64 bits per heavy atom. The minimum Gasteiger partial charge on any atom is -0.463 e. The second kappa shape index (κ2) is 7.12. The molecule has 9 nitrogen and oxygen atoms in total. The van der Waals surface area contributed by atoms with Crippen molar-refractivity contribution in [3.05, 3.63) is 51.2 Å². The van der Waals surface area contributed by atoms with Gasteiger partial charge in [-0.3, -0.25) is 19.8 Å². The molecule has 132 valence electrons. The largest absolute Gasteiger partial charge is 0.463 e. The van der Waals surface area contributed by atoms with Crippen LogP contribution in [0.2, 0.25) is 0 Å². The molecule has 1 N–H and O–H groups in total. The molecule has 0 aliphatic carbocycles. The van der Waals surface area contributed by atoms with Crippen molar-refractivity contribution >= 4 is 23.6 Å². The molecule has 0 bridgehead atoms. The predicted molar refractivity (Wildman–Crippen MR) is 86.2 cm³/mol. The highest BCUT2D eigenvalue weighted by atomic mass is 16.6. The molecule has 1 atom stereocenters. The Labute approximate surface area is 143 Å². The van der Waals surface area contributed by atoms with Gasteiger partial charge in [0.05, 0.1) is 17.1 Å². The summed E-state index contributed by atoms with van der Waals surface area (Å²) in [6.45, 7) is 4.41. The molecule has 1 aromatic carbocycles. The number of carbonyl (C=O) groups excluding carboxylic acids is 3. The van der Waals surface area contributed by atoms with Gasteiger partial charge in [0.2, 0.25) is 5.91 Å². The van der Waals surface area contributed by atoms with Crippen molar-refractivity contribution in [2.24, 2.45) is 0 Å². The van der Waals surface area contributed by atoms with Crippen LogP contribution in [-0.4, -0.2) is 34.3 Å². The minimum absolute atomic E-state index is 0.0529. The van der Waals surface area contributed by atoms with E-state index in [0.29, 0.717) is 0 Å². The molecule has 9 heteroatoms. The number of amides is 3. The first-order valence-corrected chi connectivity index (χ1v) is 7.51. The van der Waals surface area contributed by atoms with Crippen molar-refractivity contribution in [2.75, 3.05) is 6.61 Å². The Hall–Kier alpha value is -3.23. The minimum atomic E-state index is -1.11. The molecule has 2 rings (SSSR count). The van der Waals surface area contributed by atoms with Crippen molar-refractivity contribution in [2.45, 2.75) is 26.8 Å². The van der Waals surface area contributed by atoms with Crippen molar-refractivity contribution in [3.63, 3.8) is 0 Å². The van der Waals surface area contributed by atoms with Gasteiger partial charge in [0.15, 0.2) is 0 Å². The lowest BCUT2D eigenvalue weighted by Crippen LogP contribution is -2.50. The molecule has 1 aliphatic heterocycles.